The largest absolute Gasteiger partial charge is 0.315 e. The Morgan fingerprint density at radius 1 is 1.06 bits per heavy atom. The molecular weight excluding hydrogens is 246 g/mol. The third-order valence-electron chi connectivity index (χ3n) is 3.22. The molecule has 1 N–H and O–H groups in total. The summed E-state index contributed by atoms with van der Waals surface area (Å²) in [4.78, 5) is 8.99. The number of rotatable bonds is 2. The van der Waals surface area contributed by atoms with Crippen LogP contribution in [-0.4, -0.2) is 23.1 Å². The summed E-state index contributed by atoms with van der Waals surface area (Å²) >= 11 is 0. The summed E-state index contributed by atoms with van der Waals surface area (Å²) in [6.07, 6.45) is 3.55. The van der Waals surface area contributed by atoms with Crippen LogP contribution in [0.15, 0.2) is 36.7 Å². The van der Waals surface area contributed by atoms with Gasteiger partial charge in [0.15, 0.2) is 0 Å². The smallest absolute Gasteiger partial charge is 0.0921 e. The van der Waals surface area contributed by atoms with Gasteiger partial charge < -0.3 is 5.32 Å². The molecule has 0 unspecified atom stereocenters. The van der Waals surface area contributed by atoms with Crippen LogP contribution in [0, 0.1) is 6.92 Å². The van der Waals surface area contributed by atoms with Gasteiger partial charge in [-0.25, -0.2) is 0 Å². The lowest BCUT2D eigenvalue weighted by Crippen LogP contribution is -2.40. The second-order valence-electron chi connectivity index (χ2n) is 4.51. The van der Waals surface area contributed by atoms with Gasteiger partial charge in [0.2, 0.25) is 0 Å². The van der Waals surface area contributed by atoms with E-state index in [0.717, 1.165) is 30.0 Å². The van der Waals surface area contributed by atoms with E-state index in [-0.39, 0.29) is 12.4 Å². The van der Waals surface area contributed by atoms with E-state index in [1.54, 1.807) is 12.4 Å². The second kappa shape index (κ2) is 5.46. The summed E-state index contributed by atoms with van der Waals surface area (Å²) in [5.74, 6) is 0.514. The Kier molecular flexibility index (Phi) is 3.94. The zero-order chi connectivity index (χ0) is 11.7. The number of halogens is 1. The third kappa shape index (κ3) is 2.37. The summed E-state index contributed by atoms with van der Waals surface area (Å²) in [6.45, 7) is 4.12. The number of aromatic nitrogens is 2. The predicted molar refractivity (Wildman–Crippen MR) is 75.1 cm³/mol. The van der Waals surface area contributed by atoms with Crippen molar-refractivity contribution in [1.29, 1.82) is 0 Å². The molecule has 4 heteroatoms. The van der Waals surface area contributed by atoms with Crippen molar-refractivity contribution in [2.24, 2.45) is 0 Å². The lowest BCUT2D eigenvalue weighted by Gasteiger charge is -2.27. The summed E-state index contributed by atoms with van der Waals surface area (Å²) in [5.41, 5.74) is 4.57. The molecule has 1 aromatic carbocycles. The van der Waals surface area contributed by atoms with Gasteiger partial charge in [0.1, 0.15) is 0 Å². The molecule has 1 aliphatic heterocycles. The maximum absolute atomic E-state index is 4.50. The molecule has 1 fully saturated rings. The van der Waals surface area contributed by atoms with Crippen LogP contribution < -0.4 is 5.32 Å². The summed E-state index contributed by atoms with van der Waals surface area (Å²) in [6, 6.07) is 8.48. The molecule has 1 saturated heterocycles. The lowest BCUT2D eigenvalue weighted by atomic mass is 9.94. The minimum atomic E-state index is 0. The van der Waals surface area contributed by atoms with Gasteiger partial charge in [0, 0.05) is 37.0 Å². The summed E-state index contributed by atoms with van der Waals surface area (Å²) in [5, 5.41) is 3.28. The van der Waals surface area contributed by atoms with E-state index in [1.165, 1.54) is 5.56 Å². The molecule has 2 aromatic rings. The molecule has 0 amide bonds. The van der Waals surface area contributed by atoms with E-state index >= 15 is 0 Å². The Hall–Kier alpha value is -1.45. The van der Waals surface area contributed by atoms with Crippen LogP contribution in [-0.2, 0) is 0 Å². The highest BCUT2D eigenvalue weighted by Crippen LogP contribution is 2.27. The van der Waals surface area contributed by atoms with Gasteiger partial charge in [0.05, 0.1) is 11.4 Å². The van der Waals surface area contributed by atoms with E-state index in [4.69, 9.17) is 0 Å². The minimum absolute atomic E-state index is 0. The number of aryl methyl sites for hydroxylation is 1. The summed E-state index contributed by atoms with van der Waals surface area (Å²) in [7, 11) is 0. The molecule has 0 aliphatic carbocycles. The fraction of sp³-hybridized carbons (Fsp3) is 0.286. The monoisotopic (exact) mass is 261 g/mol. The SMILES string of the molecule is Cc1ccc(-c2nccnc2C2CNC2)cc1.Cl. The predicted octanol–water partition coefficient (Wildman–Crippen LogP) is 2.56. The first-order valence-corrected chi connectivity index (χ1v) is 5.93. The van der Waals surface area contributed by atoms with Crippen LogP contribution in [0.1, 0.15) is 17.2 Å². The highest BCUT2D eigenvalue weighted by molar-refractivity contribution is 5.85. The Bertz CT molecular complexity index is 521. The molecule has 2 heterocycles. The molecule has 94 valence electrons. The van der Waals surface area contributed by atoms with Gasteiger partial charge in [-0.3, -0.25) is 9.97 Å². The Labute approximate surface area is 113 Å². The van der Waals surface area contributed by atoms with Crippen molar-refractivity contribution in [3.63, 3.8) is 0 Å². The van der Waals surface area contributed by atoms with Gasteiger partial charge >= 0.3 is 0 Å². The molecule has 1 aromatic heterocycles. The minimum Gasteiger partial charge on any atom is -0.315 e. The zero-order valence-corrected chi connectivity index (χ0v) is 11.1. The van der Waals surface area contributed by atoms with Crippen molar-refractivity contribution >= 4 is 12.4 Å². The molecular formula is C14H16ClN3. The van der Waals surface area contributed by atoms with Crippen molar-refractivity contribution in [2.45, 2.75) is 12.8 Å². The normalized spacial score (nSPS) is 14.7. The number of hydrogen-bond acceptors (Lipinski definition) is 3. The van der Waals surface area contributed by atoms with Crippen LogP contribution in [0.5, 0.6) is 0 Å². The van der Waals surface area contributed by atoms with E-state index in [2.05, 4.69) is 46.5 Å². The van der Waals surface area contributed by atoms with Crippen molar-refractivity contribution in [1.82, 2.24) is 15.3 Å². The van der Waals surface area contributed by atoms with Crippen LogP contribution in [0.25, 0.3) is 11.3 Å². The Morgan fingerprint density at radius 2 is 1.72 bits per heavy atom. The van der Waals surface area contributed by atoms with Gasteiger partial charge in [-0.15, -0.1) is 12.4 Å². The van der Waals surface area contributed by atoms with Gasteiger partial charge in [-0.2, -0.15) is 0 Å². The number of nitrogens with zero attached hydrogens (tertiary/aromatic N) is 2. The van der Waals surface area contributed by atoms with E-state index in [9.17, 15) is 0 Å². The quantitative estimate of drug-likeness (QED) is 0.903. The Morgan fingerprint density at radius 3 is 2.33 bits per heavy atom. The van der Waals surface area contributed by atoms with Crippen LogP contribution in [0.3, 0.4) is 0 Å². The fourth-order valence-electron chi connectivity index (χ4n) is 2.06. The maximum Gasteiger partial charge on any atom is 0.0921 e. The molecule has 0 atom stereocenters. The molecule has 3 nitrogen and oxygen atoms in total. The Balaban J connectivity index is 0.00000120. The molecule has 18 heavy (non-hydrogen) atoms. The van der Waals surface area contributed by atoms with Crippen molar-refractivity contribution < 1.29 is 0 Å². The molecule has 0 spiro atoms. The van der Waals surface area contributed by atoms with Gasteiger partial charge in [0.25, 0.3) is 0 Å². The molecule has 3 rings (SSSR count). The molecule has 0 radical (unpaired) electrons. The van der Waals surface area contributed by atoms with E-state index < -0.39 is 0 Å². The molecule has 0 bridgehead atoms. The van der Waals surface area contributed by atoms with Crippen LogP contribution in [0.2, 0.25) is 0 Å². The number of hydrogen-bond donors (Lipinski definition) is 1. The van der Waals surface area contributed by atoms with E-state index in [1.807, 2.05) is 0 Å². The average Bonchev–Trinajstić information content (AvgIpc) is 2.29. The first-order chi connectivity index (χ1) is 8.34. The van der Waals surface area contributed by atoms with Crippen molar-refractivity contribution in [2.75, 3.05) is 13.1 Å². The first kappa shape index (κ1) is 13.0. The molecule has 0 saturated carbocycles. The third-order valence-corrected chi connectivity index (χ3v) is 3.22. The summed E-state index contributed by atoms with van der Waals surface area (Å²) < 4.78 is 0. The highest BCUT2D eigenvalue weighted by Gasteiger charge is 2.24. The van der Waals surface area contributed by atoms with Crippen molar-refractivity contribution in [3.8, 4) is 11.3 Å². The van der Waals surface area contributed by atoms with Crippen LogP contribution >= 0.6 is 12.4 Å². The number of nitrogens with one attached hydrogen (secondary N) is 1. The second-order valence-corrected chi connectivity index (χ2v) is 4.51. The topological polar surface area (TPSA) is 37.8 Å². The standard InChI is InChI=1S/C14H15N3.ClH/c1-10-2-4-11(5-3-10)13-14(12-8-15-9-12)17-7-6-16-13;/h2-7,12,15H,8-9H2,1H3;1H. The zero-order valence-electron chi connectivity index (χ0n) is 10.3. The lowest BCUT2D eigenvalue weighted by molar-refractivity contribution is 0.439. The van der Waals surface area contributed by atoms with Crippen LogP contribution in [0.4, 0.5) is 0 Å². The van der Waals surface area contributed by atoms with Gasteiger partial charge in [-0.1, -0.05) is 29.8 Å². The first-order valence-electron chi connectivity index (χ1n) is 5.93. The highest BCUT2D eigenvalue weighted by atomic mass is 35.5. The fourth-order valence-corrected chi connectivity index (χ4v) is 2.06. The van der Waals surface area contributed by atoms with Gasteiger partial charge in [-0.05, 0) is 6.92 Å². The molecule has 1 aliphatic rings. The average molecular weight is 262 g/mol. The number of benzene rings is 1. The van der Waals surface area contributed by atoms with E-state index in [0.29, 0.717) is 5.92 Å². The maximum atomic E-state index is 4.50. The van der Waals surface area contributed by atoms with Crippen molar-refractivity contribution in [3.05, 3.63) is 47.9 Å².